The number of hydrogen-bond acceptors (Lipinski definition) is 2. The minimum Gasteiger partial charge on any atom is -0.271 e. The van der Waals surface area contributed by atoms with Crippen LogP contribution in [0.1, 0.15) is 25.5 Å². The molecule has 1 atom stereocenters. The van der Waals surface area contributed by atoms with Crippen molar-refractivity contribution in [3.63, 3.8) is 0 Å². The van der Waals surface area contributed by atoms with Gasteiger partial charge in [-0.2, -0.15) is 0 Å². The van der Waals surface area contributed by atoms with Gasteiger partial charge in [-0.25, -0.2) is 5.43 Å². The van der Waals surface area contributed by atoms with E-state index in [1.807, 2.05) is 44.2 Å². The largest absolute Gasteiger partial charge is 0.271 e. The standard InChI is InChI=1S/C11H15ClN2/c1-8(2)7-11(14-13)9-5-3-4-6-10(9)12/h3-7,11,14H,13H2,1-2H3. The van der Waals surface area contributed by atoms with Crippen LogP contribution in [-0.2, 0) is 0 Å². The summed E-state index contributed by atoms with van der Waals surface area (Å²) in [6.07, 6.45) is 2.04. The molecule has 1 aromatic rings. The number of allylic oxidation sites excluding steroid dienone is 1. The second-order valence-electron chi connectivity index (χ2n) is 3.41. The lowest BCUT2D eigenvalue weighted by Crippen LogP contribution is -2.26. The van der Waals surface area contributed by atoms with Crippen LogP contribution in [0.2, 0.25) is 5.02 Å². The molecule has 0 heterocycles. The fourth-order valence-corrected chi connectivity index (χ4v) is 1.54. The monoisotopic (exact) mass is 210 g/mol. The normalized spacial score (nSPS) is 12.3. The number of halogens is 1. The molecule has 1 unspecified atom stereocenters. The lowest BCUT2D eigenvalue weighted by atomic mass is 10.1. The van der Waals surface area contributed by atoms with E-state index in [0.29, 0.717) is 0 Å². The third kappa shape index (κ3) is 2.84. The summed E-state index contributed by atoms with van der Waals surface area (Å²) in [7, 11) is 0. The maximum absolute atomic E-state index is 6.06. The summed E-state index contributed by atoms with van der Waals surface area (Å²) in [4.78, 5) is 0. The van der Waals surface area contributed by atoms with Gasteiger partial charge >= 0.3 is 0 Å². The van der Waals surface area contributed by atoms with Crippen LogP contribution in [0.5, 0.6) is 0 Å². The molecule has 0 aliphatic heterocycles. The molecule has 2 nitrogen and oxygen atoms in total. The molecular weight excluding hydrogens is 196 g/mol. The van der Waals surface area contributed by atoms with E-state index in [1.165, 1.54) is 5.57 Å². The molecule has 14 heavy (non-hydrogen) atoms. The second kappa shape index (κ2) is 5.15. The first-order valence-corrected chi connectivity index (χ1v) is 4.88. The van der Waals surface area contributed by atoms with Crippen LogP contribution in [0, 0.1) is 0 Å². The zero-order valence-corrected chi connectivity index (χ0v) is 9.18. The molecule has 0 fully saturated rings. The molecule has 3 N–H and O–H groups in total. The molecule has 0 radical (unpaired) electrons. The van der Waals surface area contributed by atoms with Gasteiger partial charge in [-0.1, -0.05) is 41.4 Å². The highest BCUT2D eigenvalue weighted by molar-refractivity contribution is 6.31. The number of nitrogens with two attached hydrogens (primary N) is 1. The molecule has 0 aromatic heterocycles. The van der Waals surface area contributed by atoms with Gasteiger partial charge in [-0.15, -0.1) is 0 Å². The van der Waals surface area contributed by atoms with Crippen molar-refractivity contribution in [2.75, 3.05) is 0 Å². The lowest BCUT2D eigenvalue weighted by Gasteiger charge is -2.14. The molecule has 0 saturated heterocycles. The van der Waals surface area contributed by atoms with E-state index in [-0.39, 0.29) is 6.04 Å². The average Bonchev–Trinajstić information content (AvgIpc) is 2.15. The summed E-state index contributed by atoms with van der Waals surface area (Å²) in [5.41, 5.74) is 4.93. The molecule has 0 amide bonds. The molecule has 0 saturated carbocycles. The van der Waals surface area contributed by atoms with Crippen molar-refractivity contribution in [1.29, 1.82) is 0 Å². The Morgan fingerprint density at radius 3 is 2.57 bits per heavy atom. The first-order valence-electron chi connectivity index (χ1n) is 4.50. The van der Waals surface area contributed by atoms with Crippen LogP contribution >= 0.6 is 11.6 Å². The van der Waals surface area contributed by atoms with Gasteiger partial charge in [0.1, 0.15) is 0 Å². The Labute approximate surface area is 89.7 Å². The first kappa shape index (κ1) is 11.2. The van der Waals surface area contributed by atoms with Gasteiger partial charge in [0.05, 0.1) is 6.04 Å². The maximum atomic E-state index is 6.06. The smallest absolute Gasteiger partial charge is 0.0657 e. The van der Waals surface area contributed by atoms with Crippen LogP contribution in [0.3, 0.4) is 0 Å². The van der Waals surface area contributed by atoms with E-state index in [2.05, 4.69) is 5.43 Å². The van der Waals surface area contributed by atoms with Crippen molar-refractivity contribution in [3.05, 3.63) is 46.5 Å². The Morgan fingerprint density at radius 1 is 1.43 bits per heavy atom. The fourth-order valence-electron chi connectivity index (χ4n) is 1.29. The van der Waals surface area contributed by atoms with E-state index in [1.54, 1.807) is 0 Å². The van der Waals surface area contributed by atoms with E-state index in [9.17, 15) is 0 Å². The predicted octanol–water partition coefficient (Wildman–Crippen LogP) is 2.81. The summed E-state index contributed by atoms with van der Waals surface area (Å²) in [6, 6.07) is 7.66. The average molecular weight is 211 g/mol. The quantitative estimate of drug-likeness (QED) is 0.458. The number of hydrogen-bond donors (Lipinski definition) is 2. The van der Waals surface area contributed by atoms with E-state index >= 15 is 0 Å². The van der Waals surface area contributed by atoms with Crippen molar-refractivity contribution in [3.8, 4) is 0 Å². The van der Waals surface area contributed by atoms with Crippen molar-refractivity contribution in [2.45, 2.75) is 19.9 Å². The van der Waals surface area contributed by atoms with Crippen LogP contribution in [0.25, 0.3) is 0 Å². The number of nitrogens with one attached hydrogen (secondary N) is 1. The highest BCUT2D eigenvalue weighted by atomic mass is 35.5. The molecule has 76 valence electrons. The van der Waals surface area contributed by atoms with Gasteiger partial charge in [-0.3, -0.25) is 5.84 Å². The van der Waals surface area contributed by atoms with E-state index < -0.39 is 0 Å². The van der Waals surface area contributed by atoms with Crippen molar-refractivity contribution < 1.29 is 0 Å². The topological polar surface area (TPSA) is 38.0 Å². The molecule has 0 aliphatic carbocycles. The van der Waals surface area contributed by atoms with Gasteiger partial charge in [0.15, 0.2) is 0 Å². The fraction of sp³-hybridized carbons (Fsp3) is 0.273. The molecule has 3 heteroatoms. The maximum Gasteiger partial charge on any atom is 0.0657 e. The van der Waals surface area contributed by atoms with Crippen LogP contribution in [-0.4, -0.2) is 0 Å². The van der Waals surface area contributed by atoms with E-state index in [0.717, 1.165) is 10.6 Å². The molecule has 0 aliphatic rings. The summed E-state index contributed by atoms with van der Waals surface area (Å²) in [6.45, 7) is 4.06. The summed E-state index contributed by atoms with van der Waals surface area (Å²) in [5, 5.41) is 0.730. The summed E-state index contributed by atoms with van der Waals surface area (Å²) < 4.78 is 0. The van der Waals surface area contributed by atoms with Crippen molar-refractivity contribution in [2.24, 2.45) is 5.84 Å². The van der Waals surface area contributed by atoms with Crippen LogP contribution in [0.15, 0.2) is 35.9 Å². The summed E-state index contributed by atoms with van der Waals surface area (Å²) in [5.74, 6) is 5.47. The molecule has 1 rings (SSSR count). The lowest BCUT2D eigenvalue weighted by molar-refractivity contribution is 0.652. The predicted molar refractivity (Wildman–Crippen MR) is 60.9 cm³/mol. The Bertz CT molecular complexity index is 330. The third-order valence-corrected chi connectivity index (χ3v) is 2.26. The van der Waals surface area contributed by atoms with Crippen molar-refractivity contribution >= 4 is 11.6 Å². The second-order valence-corrected chi connectivity index (χ2v) is 3.82. The van der Waals surface area contributed by atoms with Crippen LogP contribution in [0.4, 0.5) is 0 Å². The molecule has 0 spiro atoms. The van der Waals surface area contributed by atoms with Gasteiger partial charge in [0, 0.05) is 5.02 Å². The highest BCUT2D eigenvalue weighted by Gasteiger charge is 2.08. The Balaban J connectivity index is 3.01. The van der Waals surface area contributed by atoms with E-state index in [4.69, 9.17) is 17.4 Å². The molecule has 1 aromatic carbocycles. The Morgan fingerprint density at radius 2 is 2.07 bits per heavy atom. The third-order valence-electron chi connectivity index (χ3n) is 1.92. The number of benzene rings is 1. The Kier molecular flexibility index (Phi) is 4.14. The Hall–Kier alpha value is -0.830. The summed E-state index contributed by atoms with van der Waals surface area (Å²) >= 11 is 6.06. The number of hydrazine groups is 1. The van der Waals surface area contributed by atoms with Gasteiger partial charge in [0.2, 0.25) is 0 Å². The van der Waals surface area contributed by atoms with Crippen LogP contribution < -0.4 is 11.3 Å². The van der Waals surface area contributed by atoms with Gasteiger partial charge in [-0.05, 0) is 25.5 Å². The minimum atomic E-state index is -0.0197. The SMILES string of the molecule is CC(C)=CC(NN)c1ccccc1Cl. The number of rotatable bonds is 3. The van der Waals surface area contributed by atoms with Gasteiger partial charge < -0.3 is 0 Å². The minimum absolute atomic E-state index is 0.0197. The zero-order chi connectivity index (χ0) is 10.6. The van der Waals surface area contributed by atoms with Crippen molar-refractivity contribution in [1.82, 2.24) is 5.43 Å². The molecule has 0 bridgehead atoms. The molecular formula is C11H15ClN2. The zero-order valence-electron chi connectivity index (χ0n) is 8.42. The highest BCUT2D eigenvalue weighted by Crippen LogP contribution is 2.23. The van der Waals surface area contributed by atoms with Gasteiger partial charge in [0.25, 0.3) is 0 Å². The first-order chi connectivity index (χ1) is 6.65.